The Balaban J connectivity index is 1.44. The number of thiophene rings is 1. The van der Waals surface area contributed by atoms with Gasteiger partial charge in [0.25, 0.3) is 0 Å². The van der Waals surface area contributed by atoms with E-state index in [9.17, 15) is 14.4 Å². The van der Waals surface area contributed by atoms with Crippen LogP contribution < -0.4 is 16.0 Å². The number of amides is 3. The van der Waals surface area contributed by atoms with Crippen LogP contribution in [0.25, 0.3) is 11.0 Å². The summed E-state index contributed by atoms with van der Waals surface area (Å²) in [5.41, 5.74) is 0.740. The summed E-state index contributed by atoms with van der Waals surface area (Å²) in [6.07, 6.45) is 0. The molecule has 3 aromatic rings. The van der Waals surface area contributed by atoms with E-state index in [2.05, 4.69) is 16.0 Å². The topological polar surface area (TPSA) is 100 Å². The lowest BCUT2D eigenvalue weighted by Crippen LogP contribution is -2.44. The zero-order valence-corrected chi connectivity index (χ0v) is 15.5. The fourth-order valence-electron chi connectivity index (χ4n) is 2.48. The van der Waals surface area contributed by atoms with E-state index in [0.29, 0.717) is 5.76 Å². The molecule has 1 atom stereocenters. The van der Waals surface area contributed by atoms with Gasteiger partial charge in [0.1, 0.15) is 11.3 Å². The summed E-state index contributed by atoms with van der Waals surface area (Å²) in [6, 6.07) is 12.8. The Morgan fingerprint density at radius 1 is 1.07 bits per heavy atom. The van der Waals surface area contributed by atoms with Gasteiger partial charge in [-0.05, 0) is 30.5 Å². The minimum atomic E-state index is -0.849. The number of furan rings is 1. The van der Waals surface area contributed by atoms with Crippen molar-refractivity contribution in [2.75, 3.05) is 6.54 Å². The first-order valence-electron chi connectivity index (χ1n) is 8.39. The Kier molecular flexibility index (Phi) is 5.87. The number of hydrogen-bond donors (Lipinski definition) is 3. The highest BCUT2D eigenvalue weighted by Gasteiger charge is 2.17. The fraction of sp³-hybridized carbons (Fsp3) is 0.211. The molecule has 0 aliphatic carbocycles. The predicted molar refractivity (Wildman–Crippen MR) is 102 cm³/mol. The Morgan fingerprint density at radius 3 is 2.59 bits per heavy atom. The highest BCUT2D eigenvalue weighted by atomic mass is 32.1. The third-order valence-electron chi connectivity index (χ3n) is 3.87. The normalized spacial score (nSPS) is 11.7. The van der Waals surface area contributed by atoms with Crippen molar-refractivity contribution in [2.24, 2.45) is 0 Å². The number of rotatable bonds is 6. The molecular weight excluding hydrogens is 366 g/mol. The van der Waals surface area contributed by atoms with E-state index in [0.717, 1.165) is 15.8 Å². The molecule has 0 saturated carbocycles. The van der Waals surface area contributed by atoms with Gasteiger partial charge in [0, 0.05) is 10.3 Å². The summed E-state index contributed by atoms with van der Waals surface area (Å²) in [5, 5.41) is 10.4. The van der Waals surface area contributed by atoms with Gasteiger partial charge < -0.3 is 20.4 Å². The fourth-order valence-corrected chi connectivity index (χ4v) is 3.13. The van der Waals surface area contributed by atoms with Crippen molar-refractivity contribution in [3.8, 4) is 0 Å². The third kappa shape index (κ3) is 4.95. The zero-order chi connectivity index (χ0) is 19.2. The molecule has 0 spiro atoms. The lowest BCUT2D eigenvalue weighted by Gasteiger charge is -2.12. The van der Waals surface area contributed by atoms with Crippen molar-refractivity contribution in [3.63, 3.8) is 0 Å². The molecule has 0 bridgehead atoms. The second-order valence-corrected chi connectivity index (χ2v) is 6.95. The van der Waals surface area contributed by atoms with Crippen LogP contribution in [-0.2, 0) is 20.9 Å². The monoisotopic (exact) mass is 385 g/mol. The van der Waals surface area contributed by atoms with E-state index in [1.165, 1.54) is 11.3 Å². The van der Waals surface area contributed by atoms with Crippen molar-refractivity contribution >= 4 is 40.0 Å². The van der Waals surface area contributed by atoms with Gasteiger partial charge in [-0.3, -0.25) is 14.4 Å². The summed E-state index contributed by atoms with van der Waals surface area (Å²) in [7, 11) is 0. The second-order valence-electron chi connectivity index (χ2n) is 5.92. The molecular formula is C19H19N3O4S. The molecule has 7 nitrogen and oxygen atoms in total. The van der Waals surface area contributed by atoms with Crippen LogP contribution >= 0.6 is 11.3 Å². The van der Waals surface area contributed by atoms with E-state index >= 15 is 0 Å². The van der Waals surface area contributed by atoms with Crippen LogP contribution in [0, 0.1) is 0 Å². The van der Waals surface area contributed by atoms with Crippen molar-refractivity contribution in [1.29, 1.82) is 0 Å². The van der Waals surface area contributed by atoms with Crippen LogP contribution in [0.2, 0.25) is 0 Å². The number of para-hydroxylation sites is 1. The molecule has 0 fully saturated rings. The number of carbonyl (C=O) groups is 3. The quantitative estimate of drug-likeness (QED) is 0.566. The van der Waals surface area contributed by atoms with Gasteiger partial charge in [-0.15, -0.1) is 11.3 Å². The molecule has 0 aliphatic heterocycles. The Labute approximate surface area is 159 Å². The highest BCUT2D eigenvalue weighted by molar-refractivity contribution is 7.09. The number of nitrogens with one attached hydrogen (secondary N) is 3. The summed E-state index contributed by atoms with van der Waals surface area (Å²) in [4.78, 5) is 36.4. The summed E-state index contributed by atoms with van der Waals surface area (Å²) >= 11 is 1.48. The number of carbonyl (C=O) groups excluding carboxylic acids is 3. The first-order valence-corrected chi connectivity index (χ1v) is 9.27. The number of benzene rings is 1. The smallest absolute Gasteiger partial charge is 0.309 e. The average molecular weight is 385 g/mol. The summed E-state index contributed by atoms with van der Waals surface area (Å²) < 4.78 is 5.70. The van der Waals surface area contributed by atoms with E-state index in [-0.39, 0.29) is 19.1 Å². The lowest BCUT2D eigenvalue weighted by molar-refractivity contribution is -0.139. The van der Waals surface area contributed by atoms with Crippen molar-refractivity contribution in [1.82, 2.24) is 16.0 Å². The Morgan fingerprint density at radius 2 is 1.85 bits per heavy atom. The summed E-state index contributed by atoms with van der Waals surface area (Å²) in [6.45, 7) is 1.76. The minimum Gasteiger partial charge on any atom is -0.459 e. The summed E-state index contributed by atoms with van der Waals surface area (Å²) in [5.74, 6) is -1.42. The molecule has 0 aliphatic rings. The number of fused-ring (bicyclic) bond motifs is 1. The van der Waals surface area contributed by atoms with Crippen molar-refractivity contribution in [2.45, 2.75) is 19.5 Å². The maximum atomic E-state index is 12.0. The molecule has 2 aromatic heterocycles. The van der Waals surface area contributed by atoms with E-state index < -0.39 is 17.7 Å². The molecule has 3 N–H and O–H groups in total. The van der Waals surface area contributed by atoms with Crippen LogP contribution in [0.5, 0.6) is 0 Å². The molecule has 3 amide bonds. The lowest BCUT2D eigenvalue weighted by atomic mass is 10.2. The maximum Gasteiger partial charge on any atom is 0.309 e. The second kappa shape index (κ2) is 8.50. The molecule has 140 valence electrons. The van der Waals surface area contributed by atoms with Crippen LogP contribution in [0.15, 0.2) is 52.3 Å². The van der Waals surface area contributed by atoms with Crippen molar-refractivity contribution < 1.29 is 18.8 Å². The van der Waals surface area contributed by atoms with Gasteiger partial charge in [-0.1, -0.05) is 24.3 Å². The molecule has 0 saturated heterocycles. The van der Waals surface area contributed by atoms with Crippen LogP contribution in [0.1, 0.15) is 23.6 Å². The maximum absolute atomic E-state index is 12.0. The molecule has 1 aromatic carbocycles. The molecule has 8 heteroatoms. The SMILES string of the molecule is C[C@@H](NC(=O)CNC(=O)C(=O)NCc1cccs1)c1cc2ccccc2o1. The first kappa shape index (κ1) is 18.7. The average Bonchev–Trinajstić information content (AvgIpc) is 3.33. The van der Waals surface area contributed by atoms with Crippen molar-refractivity contribution in [3.05, 3.63) is 58.5 Å². The Hall–Kier alpha value is -3.13. The van der Waals surface area contributed by atoms with E-state index in [1.54, 1.807) is 6.92 Å². The van der Waals surface area contributed by atoms with Gasteiger partial charge in [0.2, 0.25) is 5.91 Å². The van der Waals surface area contributed by atoms with Crippen LogP contribution in [-0.4, -0.2) is 24.3 Å². The van der Waals surface area contributed by atoms with Gasteiger partial charge in [-0.25, -0.2) is 0 Å². The Bertz CT molecular complexity index is 916. The predicted octanol–water partition coefficient (Wildman–Crippen LogP) is 2.10. The standard InChI is InChI=1S/C19H19N3O4S/c1-12(16-9-13-5-2-3-7-15(13)26-16)22-17(23)11-21-19(25)18(24)20-10-14-6-4-8-27-14/h2-9,12H,10-11H2,1H3,(H,20,24)(H,21,25)(H,22,23)/t12-/m1/s1. The van der Waals surface area contributed by atoms with E-state index in [4.69, 9.17) is 4.42 Å². The van der Waals surface area contributed by atoms with Crippen LogP contribution in [0.4, 0.5) is 0 Å². The molecule has 0 radical (unpaired) electrons. The minimum absolute atomic E-state index is 0.277. The van der Waals surface area contributed by atoms with Gasteiger partial charge in [0.05, 0.1) is 19.1 Å². The largest absolute Gasteiger partial charge is 0.459 e. The van der Waals surface area contributed by atoms with Gasteiger partial charge >= 0.3 is 11.8 Å². The van der Waals surface area contributed by atoms with Crippen LogP contribution in [0.3, 0.4) is 0 Å². The van der Waals surface area contributed by atoms with E-state index in [1.807, 2.05) is 47.8 Å². The zero-order valence-electron chi connectivity index (χ0n) is 14.7. The van der Waals surface area contributed by atoms with Gasteiger partial charge in [0.15, 0.2) is 0 Å². The highest BCUT2D eigenvalue weighted by Crippen LogP contribution is 2.23. The molecule has 3 rings (SSSR count). The molecule has 0 unspecified atom stereocenters. The van der Waals surface area contributed by atoms with Gasteiger partial charge in [-0.2, -0.15) is 0 Å². The first-order chi connectivity index (χ1) is 13.0. The third-order valence-corrected chi connectivity index (χ3v) is 4.74. The molecule has 2 heterocycles. The molecule has 27 heavy (non-hydrogen) atoms. The number of hydrogen-bond acceptors (Lipinski definition) is 5.